The van der Waals surface area contributed by atoms with Gasteiger partial charge in [-0.05, 0) is 36.2 Å². The van der Waals surface area contributed by atoms with Crippen LogP contribution in [0.25, 0.3) is 11.5 Å². The van der Waals surface area contributed by atoms with E-state index in [2.05, 4.69) is 20.4 Å². The average Bonchev–Trinajstić information content (AvgIpc) is 3.41. The van der Waals surface area contributed by atoms with Crippen LogP contribution in [0.3, 0.4) is 0 Å². The number of rotatable bonds is 6. The van der Waals surface area contributed by atoms with Crippen molar-refractivity contribution in [3.8, 4) is 11.5 Å². The van der Waals surface area contributed by atoms with E-state index in [4.69, 9.17) is 0 Å². The van der Waals surface area contributed by atoms with Gasteiger partial charge in [0.2, 0.25) is 0 Å². The maximum absolute atomic E-state index is 12.3. The first-order valence-electron chi connectivity index (χ1n) is 8.61. The number of benzene rings is 1. The quantitative estimate of drug-likeness (QED) is 0.574. The van der Waals surface area contributed by atoms with Gasteiger partial charge >= 0.3 is 0 Å². The van der Waals surface area contributed by atoms with Gasteiger partial charge in [0.15, 0.2) is 0 Å². The van der Waals surface area contributed by atoms with E-state index in [0.717, 1.165) is 17.1 Å². The Bertz CT molecular complexity index is 1010. The van der Waals surface area contributed by atoms with Crippen molar-refractivity contribution in [1.82, 2.24) is 29.6 Å². The Balaban J connectivity index is 1.31. The van der Waals surface area contributed by atoms with E-state index < -0.39 is 0 Å². The molecular weight excluding hydrogens is 340 g/mol. The van der Waals surface area contributed by atoms with E-state index >= 15 is 0 Å². The van der Waals surface area contributed by atoms with Gasteiger partial charge in [-0.25, -0.2) is 14.6 Å². The summed E-state index contributed by atoms with van der Waals surface area (Å²) >= 11 is 0. The first kappa shape index (κ1) is 16.7. The number of aromatic nitrogens is 5. The first-order chi connectivity index (χ1) is 13.3. The van der Waals surface area contributed by atoms with Gasteiger partial charge in [0.25, 0.3) is 5.91 Å². The first-order valence-corrected chi connectivity index (χ1v) is 8.61. The molecule has 1 aromatic carbocycles. The molecule has 1 amide bonds. The molecule has 1 N–H and O–H groups in total. The van der Waals surface area contributed by atoms with Crippen LogP contribution in [0.5, 0.6) is 0 Å². The molecule has 7 heteroatoms. The van der Waals surface area contributed by atoms with E-state index in [1.807, 2.05) is 47.4 Å². The standard InChI is InChI=1S/C20H18N6O/c27-20(17-6-7-19(23-13-17)25-11-10-21-15-25)22-9-8-16-12-24-26(14-16)18-4-2-1-3-5-18/h1-7,10-15H,8-9H2,(H,22,27). The number of hydrogen-bond donors (Lipinski definition) is 1. The molecule has 0 fully saturated rings. The second kappa shape index (κ2) is 7.65. The summed E-state index contributed by atoms with van der Waals surface area (Å²) in [6.45, 7) is 0.530. The summed E-state index contributed by atoms with van der Waals surface area (Å²) < 4.78 is 3.61. The zero-order valence-electron chi connectivity index (χ0n) is 14.6. The Morgan fingerprint density at radius 3 is 2.70 bits per heavy atom. The summed E-state index contributed by atoms with van der Waals surface area (Å²) in [5.41, 5.74) is 2.60. The lowest BCUT2D eigenvalue weighted by Gasteiger charge is -2.05. The lowest BCUT2D eigenvalue weighted by molar-refractivity contribution is 0.0954. The van der Waals surface area contributed by atoms with Crippen molar-refractivity contribution >= 4 is 5.91 Å². The van der Waals surface area contributed by atoms with Gasteiger partial charge in [0.1, 0.15) is 12.1 Å². The topological polar surface area (TPSA) is 77.6 Å². The van der Waals surface area contributed by atoms with Crippen LogP contribution in [-0.2, 0) is 6.42 Å². The molecule has 0 unspecified atom stereocenters. The molecule has 0 saturated carbocycles. The number of nitrogens with one attached hydrogen (secondary N) is 1. The monoisotopic (exact) mass is 358 g/mol. The van der Waals surface area contributed by atoms with Crippen molar-refractivity contribution in [1.29, 1.82) is 0 Å². The molecule has 0 aliphatic heterocycles. The van der Waals surface area contributed by atoms with Crippen LogP contribution in [0, 0.1) is 0 Å². The second-order valence-electron chi connectivity index (χ2n) is 6.01. The third-order valence-corrected chi connectivity index (χ3v) is 4.14. The molecule has 3 aromatic heterocycles. The summed E-state index contributed by atoms with van der Waals surface area (Å²) in [7, 11) is 0. The number of nitrogens with zero attached hydrogens (tertiary/aromatic N) is 5. The van der Waals surface area contributed by atoms with E-state index in [0.29, 0.717) is 18.5 Å². The minimum absolute atomic E-state index is 0.143. The van der Waals surface area contributed by atoms with Crippen LogP contribution in [0.4, 0.5) is 0 Å². The van der Waals surface area contributed by atoms with Crippen molar-refractivity contribution in [2.75, 3.05) is 6.54 Å². The molecule has 3 heterocycles. The van der Waals surface area contributed by atoms with Gasteiger partial charge in [0, 0.05) is 31.3 Å². The van der Waals surface area contributed by atoms with E-state index in [1.165, 1.54) is 0 Å². The zero-order chi connectivity index (χ0) is 18.5. The summed E-state index contributed by atoms with van der Waals surface area (Å²) in [4.78, 5) is 20.5. The van der Waals surface area contributed by atoms with Crippen molar-refractivity contribution < 1.29 is 4.79 Å². The van der Waals surface area contributed by atoms with Crippen molar-refractivity contribution in [3.05, 3.63) is 90.9 Å². The molecule has 4 rings (SSSR count). The molecule has 4 aromatic rings. The third kappa shape index (κ3) is 3.92. The highest BCUT2D eigenvalue weighted by atomic mass is 16.1. The van der Waals surface area contributed by atoms with E-state index in [9.17, 15) is 4.79 Å². The Hall–Kier alpha value is -3.74. The molecule has 0 spiro atoms. The largest absolute Gasteiger partial charge is 0.352 e. The fourth-order valence-corrected chi connectivity index (χ4v) is 2.70. The van der Waals surface area contributed by atoms with Gasteiger partial charge in [-0.15, -0.1) is 0 Å². The zero-order valence-corrected chi connectivity index (χ0v) is 14.6. The van der Waals surface area contributed by atoms with Crippen LogP contribution >= 0.6 is 0 Å². The van der Waals surface area contributed by atoms with Crippen LogP contribution in [0.15, 0.2) is 79.8 Å². The van der Waals surface area contributed by atoms with Gasteiger partial charge in [-0.3, -0.25) is 9.36 Å². The Labute approximate surface area is 156 Å². The molecule has 134 valence electrons. The fourth-order valence-electron chi connectivity index (χ4n) is 2.70. The van der Waals surface area contributed by atoms with Gasteiger partial charge in [-0.1, -0.05) is 18.2 Å². The Morgan fingerprint density at radius 1 is 1.07 bits per heavy atom. The van der Waals surface area contributed by atoms with E-state index in [-0.39, 0.29) is 5.91 Å². The summed E-state index contributed by atoms with van der Waals surface area (Å²) in [6.07, 6.45) is 11.2. The summed E-state index contributed by atoms with van der Waals surface area (Å²) in [5, 5.41) is 7.28. The molecule has 0 saturated heterocycles. The van der Waals surface area contributed by atoms with Crippen LogP contribution in [0.2, 0.25) is 0 Å². The maximum atomic E-state index is 12.3. The van der Waals surface area contributed by atoms with Crippen LogP contribution < -0.4 is 5.32 Å². The molecule has 0 aliphatic carbocycles. The predicted molar refractivity (Wildman–Crippen MR) is 101 cm³/mol. The summed E-state index contributed by atoms with van der Waals surface area (Å²) in [5.74, 6) is 0.576. The highest BCUT2D eigenvalue weighted by Gasteiger charge is 2.07. The minimum atomic E-state index is -0.143. The van der Waals surface area contributed by atoms with Gasteiger partial charge < -0.3 is 5.32 Å². The fraction of sp³-hybridized carbons (Fsp3) is 0.100. The molecular formula is C20H18N6O. The summed E-state index contributed by atoms with van der Waals surface area (Å²) in [6, 6.07) is 13.5. The highest BCUT2D eigenvalue weighted by Crippen LogP contribution is 2.08. The van der Waals surface area contributed by atoms with Crippen molar-refractivity contribution in [2.45, 2.75) is 6.42 Å². The van der Waals surface area contributed by atoms with Crippen molar-refractivity contribution in [3.63, 3.8) is 0 Å². The Kier molecular flexibility index (Phi) is 4.74. The van der Waals surface area contributed by atoms with E-state index in [1.54, 1.807) is 41.6 Å². The Morgan fingerprint density at radius 2 is 1.96 bits per heavy atom. The lowest BCUT2D eigenvalue weighted by Crippen LogP contribution is -2.25. The van der Waals surface area contributed by atoms with Gasteiger partial charge in [0.05, 0.1) is 17.4 Å². The molecule has 7 nitrogen and oxygen atoms in total. The molecule has 0 radical (unpaired) electrons. The molecule has 27 heavy (non-hydrogen) atoms. The average molecular weight is 358 g/mol. The highest BCUT2D eigenvalue weighted by molar-refractivity contribution is 5.93. The number of pyridine rings is 1. The number of amides is 1. The second-order valence-corrected chi connectivity index (χ2v) is 6.01. The number of para-hydroxylation sites is 1. The molecule has 0 aliphatic rings. The predicted octanol–water partition coefficient (Wildman–Crippen LogP) is 2.43. The number of carbonyl (C=O) groups excluding carboxylic acids is 1. The number of hydrogen-bond acceptors (Lipinski definition) is 4. The number of imidazole rings is 1. The third-order valence-electron chi connectivity index (χ3n) is 4.14. The SMILES string of the molecule is O=C(NCCc1cnn(-c2ccccc2)c1)c1ccc(-n2ccnc2)nc1. The number of carbonyl (C=O) groups is 1. The molecule has 0 atom stereocenters. The lowest BCUT2D eigenvalue weighted by atomic mass is 10.2. The molecule has 0 bridgehead atoms. The van der Waals surface area contributed by atoms with Crippen molar-refractivity contribution in [2.24, 2.45) is 0 Å². The van der Waals surface area contributed by atoms with Crippen LogP contribution in [-0.4, -0.2) is 36.8 Å². The normalized spacial score (nSPS) is 10.7. The maximum Gasteiger partial charge on any atom is 0.252 e. The minimum Gasteiger partial charge on any atom is -0.352 e. The van der Waals surface area contributed by atoms with Gasteiger partial charge in [-0.2, -0.15) is 5.10 Å². The van der Waals surface area contributed by atoms with Crippen LogP contribution in [0.1, 0.15) is 15.9 Å². The smallest absolute Gasteiger partial charge is 0.252 e.